The second kappa shape index (κ2) is 11.5. The summed E-state index contributed by atoms with van der Waals surface area (Å²) in [5, 5.41) is 2.52. The van der Waals surface area contributed by atoms with E-state index in [4.69, 9.17) is 4.98 Å². The quantitative estimate of drug-likeness (QED) is 0.170. The molecule has 0 atom stereocenters. The summed E-state index contributed by atoms with van der Waals surface area (Å²) in [4.78, 5) is 8.09. The number of benzene rings is 8. The van der Waals surface area contributed by atoms with Crippen molar-refractivity contribution in [2.75, 3.05) is 0 Å². The van der Waals surface area contributed by atoms with E-state index in [9.17, 15) is 0 Å². The van der Waals surface area contributed by atoms with Crippen LogP contribution in [0.25, 0.3) is 77.9 Å². The molecule has 2 aliphatic rings. The van der Waals surface area contributed by atoms with Crippen LogP contribution in [0.3, 0.4) is 0 Å². The molecule has 0 saturated carbocycles. The average molecular weight is 704 g/mol. The van der Waals surface area contributed by atoms with Crippen molar-refractivity contribution < 1.29 is 0 Å². The number of aromatic nitrogens is 3. The molecule has 10 aromatic rings. The van der Waals surface area contributed by atoms with Crippen LogP contribution in [0, 0.1) is 0 Å². The zero-order valence-electron chi connectivity index (χ0n) is 29.1. The summed E-state index contributed by atoms with van der Waals surface area (Å²) in [6.45, 7) is 0.0438. The third kappa shape index (κ3) is 4.30. The van der Waals surface area contributed by atoms with Gasteiger partial charge in [0, 0.05) is 37.5 Å². The van der Waals surface area contributed by atoms with E-state index in [2.05, 4.69) is 191 Å². The van der Waals surface area contributed by atoms with Crippen molar-refractivity contribution in [2.24, 2.45) is 0 Å². The Morgan fingerprint density at radius 2 is 1.06 bits per heavy atom. The van der Waals surface area contributed by atoms with Crippen molar-refractivity contribution in [3.05, 3.63) is 182 Å². The molecular formula is C49H30BN3S. The first-order chi connectivity index (χ1) is 26.8. The Balaban J connectivity index is 1.21. The minimum Gasteiger partial charge on any atom is -0.309 e. The number of fused-ring (bicyclic) bond motifs is 7. The number of rotatable bonds is 4. The van der Waals surface area contributed by atoms with Gasteiger partial charge in [-0.05, 0) is 69.6 Å². The summed E-state index contributed by atoms with van der Waals surface area (Å²) in [6.07, 6.45) is 0. The van der Waals surface area contributed by atoms with Crippen LogP contribution in [0.4, 0.5) is 0 Å². The lowest BCUT2D eigenvalue weighted by Crippen LogP contribution is -2.58. The number of hydrogen-bond acceptors (Lipinski definition) is 2. The molecule has 0 bridgehead atoms. The van der Waals surface area contributed by atoms with E-state index in [1.165, 1.54) is 81.4 Å². The van der Waals surface area contributed by atoms with Gasteiger partial charge in [-0.15, -0.1) is 0 Å². The lowest BCUT2D eigenvalue weighted by Gasteiger charge is -2.34. The van der Waals surface area contributed by atoms with Gasteiger partial charge in [-0.3, -0.25) is 4.57 Å². The van der Waals surface area contributed by atoms with Gasteiger partial charge in [0.05, 0.1) is 22.1 Å². The Hall–Kier alpha value is -6.56. The van der Waals surface area contributed by atoms with E-state index in [1.807, 2.05) is 11.8 Å². The van der Waals surface area contributed by atoms with E-state index >= 15 is 0 Å². The van der Waals surface area contributed by atoms with E-state index in [0.29, 0.717) is 0 Å². The standard InChI is InChI=1S/C49H30BN3S/c1-4-14-31(15-5-1)34-24-25-39-45(28-34)54-46-30-36(52-42-22-12-10-20-37(42)38-21-11-13-23-43(38)52)29-44-47(46)50(39)40-26-35(32-16-6-2-7-17-32)27-41-48(40)53(44)49(51-41)33-18-8-3-9-19-33/h1-30H. The fourth-order valence-electron chi connectivity index (χ4n) is 9.03. The fraction of sp³-hybridized carbons (Fsp3) is 0. The summed E-state index contributed by atoms with van der Waals surface area (Å²) < 4.78 is 4.92. The SMILES string of the molecule is c1ccc(-c2ccc3c(c2)Sc2cc(-n4c5ccccc5c5ccccc54)cc4c2B3c2cc(-c3ccccc3)cc3nc(-c5ccccc5)n-4c23)cc1. The molecule has 4 heterocycles. The molecule has 0 amide bonds. The lowest BCUT2D eigenvalue weighted by molar-refractivity contribution is 1.08. The van der Waals surface area contributed by atoms with Gasteiger partial charge in [0.1, 0.15) is 5.82 Å². The van der Waals surface area contributed by atoms with E-state index in [-0.39, 0.29) is 6.71 Å². The Kier molecular flexibility index (Phi) is 6.36. The molecular weight excluding hydrogens is 673 g/mol. The Morgan fingerprint density at radius 3 is 1.74 bits per heavy atom. The van der Waals surface area contributed by atoms with Crippen molar-refractivity contribution in [3.63, 3.8) is 0 Å². The first kappa shape index (κ1) is 30.0. The Labute approximate surface area is 317 Å². The molecule has 3 nitrogen and oxygen atoms in total. The van der Waals surface area contributed by atoms with E-state index in [1.54, 1.807) is 0 Å². The first-order valence-electron chi connectivity index (χ1n) is 18.5. The molecule has 0 unspecified atom stereocenters. The Morgan fingerprint density at radius 1 is 0.444 bits per heavy atom. The molecule has 0 spiro atoms. The van der Waals surface area contributed by atoms with Gasteiger partial charge in [0.15, 0.2) is 0 Å². The molecule has 12 rings (SSSR count). The lowest BCUT2D eigenvalue weighted by atomic mass is 9.35. The van der Waals surface area contributed by atoms with E-state index < -0.39 is 0 Å². The van der Waals surface area contributed by atoms with Crippen LogP contribution in [0.15, 0.2) is 192 Å². The minimum absolute atomic E-state index is 0.0438. The molecule has 250 valence electrons. The highest BCUT2D eigenvalue weighted by molar-refractivity contribution is 8.00. The smallest absolute Gasteiger partial charge is 0.249 e. The largest absolute Gasteiger partial charge is 0.309 e. The predicted octanol–water partition coefficient (Wildman–Crippen LogP) is 10.4. The van der Waals surface area contributed by atoms with Crippen LogP contribution in [0.2, 0.25) is 0 Å². The van der Waals surface area contributed by atoms with Crippen molar-refractivity contribution in [3.8, 4) is 45.0 Å². The van der Waals surface area contributed by atoms with Crippen LogP contribution in [-0.4, -0.2) is 20.8 Å². The van der Waals surface area contributed by atoms with Crippen molar-refractivity contribution in [1.29, 1.82) is 0 Å². The molecule has 0 N–H and O–H groups in total. The summed E-state index contributed by atoms with van der Waals surface area (Å²) >= 11 is 1.90. The third-order valence-electron chi connectivity index (χ3n) is 11.4. The fourth-order valence-corrected chi connectivity index (χ4v) is 10.3. The topological polar surface area (TPSA) is 22.8 Å². The van der Waals surface area contributed by atoms with Crippen molar-refractivity contribution in [2.45, 2.75) is 9.79 Å². The molecule has 0 radical (unpaired) electrons. The molecule has 0 aliphatic carbocycles. The normalized spacial score (nSPS) is 12.7. The van der Waals surface area contributed by atoms with Gasteiger partial charge < -0.3 is 4.57 Å². The predicted molar refractivity (Wildman–Crippen MR) is 227 cm³/mol. The van der Waals surface area contributed by atoms with Crippen LogP contribution in [0.1, 0.15) is 0 Å². The van der Waals surface area contributed by atoms with Gasteiger partial charge in [-0.25, -0.2) is 4.98 Å². The highest BCUT2D eigenvalue weighted by Crippen LogP contribution is 2.42. The molecule has 5 heteroatoms. The van der Waals surface area contributed by atoms with E-state index in [0.717, 1.165) is 22.6 Å². The second-order valence-electron chi connectivity index (χ2n) is 14.3. The van der Waals surface area contributed by atoms with Crippen LogP contribution >= 0.6 is 11.8 Å². The maximum Gasteiger partial charge on any atom is 0.249 e. The van der Waals surface area contributed by atoms with Crippen molar-refractivity contribution in [1.82, 2.24) is 14.1 Å². The highest BCUT2D eigenvalue weighted by Gasteiger charge is 2.41. The zero-order chi connectivity index (χ0) is 35.3. The monoisotopic (exact) mass is 703 g/mol. The summed E-state index contributed by atoms with van der Waals surface area (Å²) in [7, 11) is 0. The Bertz CT molecular complexity index is 3080. The first-order valence-corrected chi connectivity index (χ1v) is 19.3. The number of hydrogen-bond donors (Lipinski definition) is 0. The molecule has 2 aromatic heterocycles. The van der Waals surface area contributed by atoms with Crippen molar-refractivity contribution >= 4 is 67.7 Å². The molecule has 54 heavy (non-hydrogen) atoms. The molecule has 2 aliphatic heterocycles. The minimum atomic E-state index is 0.0438. The van der Waals surface area contributed by atoms with Crippen LogP contribution < -0.4 is 16.4 Å². The molecule has 0 fully saturated rings. The van der Waals surface area contributed by atoms with Gasteiger partial charge in [-0.1, -0.05) is 163 Å². The van der Waals surface area contributed by atoms with Crippen LogP contribution in [-0.2, 0) is 0 Å². The number of nitrogens with zero attached hydrogens (tertiary/aromatic N) is 3. The maximum atomic E-state index is 5.51. The number of imidazole rings is 1. The van der Waals surface area contributed by atoms with Gasteiger partial charge in [0.2, 0.25) is 6.71 Å². The van der Waals surface area contributed by atoms with Gasteiger partial charge in [-0.2, -0.15) is 0 Å². The third-order valence-corrected chi connectivity index (χ3v) is 12.5. The highest BCUT2D eigenvalue weighted by atomic mass is 32.2. The summed E-state index contributed by atoms with van der Waals surface area (Å²) in [6, 6.07) is 66.5. The maximum absolute atomic E-state index is 5.51. The summed E-state index contributed by atoms with van der Waals surface area (Å²) in [5.74, 6) is 0.965. The molecule has 8 aromatic carbocycles. The second-order valence-corrected chi connectivity index (χ2v) is 15.4. The molecule has 0 saturated heterocycles. The average Bonchev–Trinajstić information content (AvgIpc) is 3.80. The van der Waals surface area contributed by atoms with Gasteiger partial charge in [0.25, 0.3) is 0 Å². The zero-order valence-corrected chi connectivity index (χ0v) is 30.0. The number of para-hydroxylation sites is 2. The summed E-state index contributed by atoms with van der Waals surface area (Å²) in [5.41, 5.74) is 16.9. The van der Waals surface area contributed by atoms with Crippen LogP contribution in [0.5, 0.6) is 0 Å². The van der Waals surface area contributed by atoms with Gasteiger partial charge >= 0.3 is 0 Å².